The molecule has 3 atom stereocenters. The molecule has 7 heteroatoms. The van der Waals surface area contributed by atoms with Crippen LogP contribution in [0.15, 0.2) is 0 Å². The Morgan fingerprint density at radius 2 is 2.19 bits per heavy atom. The maximum Gasteiger partial charge on any atom is 0.224 e. The molecule has 2 aliphatic rings. The molecule has 2 saturated heterocycles. The van der Waals surface area contributed by atoms with Gasteiger partial charge in [-0.3, -0.25) is 9.59 Å². The van der Waals surface area contributed by atoms with Crippen molar-refractivity contribution in [3.05, 3.63) is 0 Å². The van der Waals surface area contributed by atoms with Crippen LogP contribution in [0.2, 0.25) is 0 Å². The number of aliphatic hydroxyl groups is 2. The molecule has 0 radical (unpaired) electrons. The van der Waals surface area contributed by atoms with Gasteiger partial charge in [-0.1, -0.05) is 0 Å². The minimum Gasteiger partial charge on any atom is -0.388 e. The number of hydrogen-bond donors (Lipinski definition) is 2. The average Bonchev–Trinajstić information content (AvgIpc) is 2.87. The Kier molecular flexibility index (Phi) is 5.55. The van der Waals surface area contributed by atoms with Crippen LogP contribution in [-0.2, 0) is 14.3 Å². The number of rotatable bonds is 5. The molecule has 0 aromatic carbocycles. The Morgan fingerprint density at radius 3 is 2.81 bits per heavy atom. The molecule has 2 N–H and O–H groups in total. The van der Waals surface area contributed by atoms with Crippen LogP contribution in [0.25, 0.3) is 0 Å². The van der Waals surface area contributed by atoms with Gasteiger partial charge in [0.2, 0.25) is 11.8 Å². The van der Waals surface area contributed by atoms with E-state index in [1.807, 2.05) is 6.92 Å². The summed E-state index contributed by atoms with van der Waals surface area (Å²) in [6, 6.07) is -0.527. The highest BCUT2D eigenvalue weighted by Gasteiger charge is 2.37. The fraction of sp³-hybridized carbons (Fsp3) is 0.857. The minimum absolute atomic E-state index is 0.0890. The van der Waals surface area contributed by atoms with E-state index in [1.54, 1.807) is 4.90 Å². The fourth-order valence-corrected chi connectivity index (χ4v) is 2.95. The predicted octanol–water partition coefficient (Wildman–Crippen LogP) is -1.03. The molecule has 2 fully saturated rings. The van der Waals surface area contributed by atoms with E-state index >= 15 is 0 Å². The number of carbonyl (C=O) groups is 2. The molecule has 0 unspecified atom stereocenters. The zero-order valence-corrected chi connectivity index (χ0v) is 12.4. The third kappa shape index (κ3) is 3.72. The average molecular weight is 300 g/mol. The molecule has 2 amide bonds. The van der Waals surface area contributed by atoms with Crippen LogP contribution in [0.1, 0.15) is 26.2 Å². The smallest absolute Gasteiger partial charge is 0.224 e. The SMILES string of the molecule is CCN(C(=O)CCN1CCCC1=O)[C@@H]1COC[C@@H](O)[C@H]1O. The Labute approximate surface area is 124 Å². The first kappa shape index (κ1) is 16.2. The maximum atomic E-state index is 12.3. The van der Waals surface area contributed by atoms with Gasteiger partial charge in [0.15, 0.2) is 0 Å². The van der Waals surface area contributed by atoms with Crippen LogP contribution >= 0.6 is 0 Å². The lowest BCUT2D eigenvalue weighted by molar-refractivity contribution is -0.156. The first-order valence-corrected chi connectivity index (χ1v) is 7.55. The summed E-state index contributed by atoms with van der Waals surface area (Å²) in [6.07, 6.45) is -0.306. The van der Waals surface area contributed by atoms with Gasteiger partial charge in [0.05, 0.1) is 19.3 Å². The van der Waals surface area contributed by atoms with Crippen molar-refractivity contribution in [3.63, 3.8) is 0 Å². The van der Waals surface area contributed by atoms with Crippen molar-refractivity contribution < 1.29 is 24.5 Å². The van der Waals surface area contributed by atoms with E-state index in [1.165, 1.54) is 4.90 Å². The monoisotopic (exact) mass is 300 g/mol. The largest absolute Gasteiger partial charge is 0.388 e. The Bertz CT molecular complexity index is 390. The topological polar surface area (TPSA) is 90.3 Å². The van der Waals surface area contributed by atoms with E-state index in [9.17, 15) is 19.8 Å². The van der Waals surface area contributed by atoms with E-state index in [-0.39, 0.29) is 31.4 Å². The Morgan fingerprint density at radius 1 is 1.43 bits per heavy atom. The van der Waals surface area contributed by atoms with Gasteiger partial charge >= 0.3 is 0 Å². The molecular formula is C14H24N2O5. The van der Waals surface area contributed by atoms with Gasteiger partial charge in [0, 0.05) is 32.5 Å². The number of nitrogens with zero attached hydrogens (tertiary/aromatic N) is 2. The minimum atomic E-state index is -0.990. The van der Waals surface area contributed by atoms with Crippen molar-refractivity contribution in [1.82, 2.24) is 9.80 Å². The summed E-state index contributed by atoms with van der Waals surface area (Å²) in [5.74, 6) is -0.0266. The number of hydrogen-bond acceptors (Lipinski definition) is 5. The van der Waals surface area contributed by atoms with Crippen molar-refractivity contribution in [2.24, 2.45) is 0 Å². The molecular weight excluding hydrogens is 276 g/mol. The zero-order chi connectivity index (χ0) is 15.4. The summed E-state index contributed by atoms with van der Waals surface area (Å²) in [5, 5.41) is 19.7. The van der Waals surface area contributed by atoms with Crippen molar-refractivity contribution in [2.75, 3.05) is 32.8 Å². The van der Waals surface area contributed by atoms with E-state index < -0.39 is 18.2 Å². The van der Waals surface area contributed by atoms with Crippen LogP contribution in [0.3, 0.4) is 0 Å². The van der Waals surface area contributed by atoms with Gasteiger partial charge in [0.1, 0.15) is 12.2 Å². The van der Waals surface area contributed by atoms with E-state index in [4.69, 9.17) is 4.74 Å². The van der Waals surface area contributed by atoms with Crippen molar-refractivity contribution in [1.29, 1.82) is 0 Å². The van der Waals surface area contributed by atoms with E-state index in [0.717, 1.165) is 6.42 Å². The molecule has 7 nitrogen and oxygen atoms in total. The lowest BCUT2D eigenvalue weighted by atomic mass is 10.0. The molecule has 21 heavy (non-hydrogen) atoms. The van der Waals surface area contributed by atoms with Gasteiger partial charge in [-0.15, -0.1) is 0 Å². The van der Waals surface area contributed by atoms with Gasteiger partial charge in [0.25, 0.3) is 0 Å². The number of carbonyl (C=O) groups excluding carboxylic acids is 2. The summed E-state index contributed by atoms with van der Waals surface area (Å²) in [6.45, 7) is 3.70. The molecule has 2 aliphatic heterocycles. The Hall–Kier alpha value is -1.18. The number of aliphatic hydroxyl groups excluding tert-OH is 2. The standard InChI is InChI=1S/C14H24N2O5/c1-2-16(10-8-21-9-11(17)14(10)20)13(19)5-7-15-6-3-4-12(15)18/h10-11,14,17,20H,2-9H2,1H3/t10-,11-,14+/m1/s1. The summed E-state index contributed by atoms with van der Waals surface area (Å²) in [4.78, 5) is 27.1. The predicted molar refractivity (Wildman–Crippen MR) is 74.4 cm³/mol. The second-order valence-corrected chi connectivity index (χ2v) is 5.58. The third-order valence-electron chi connectivity index (χ3n) is 4.19. The highest BCUT2D eigenvalue weighted by molar-refractivity contribution is 5.80. The second kappa shape index (κ2) is 7.20. The number of likely N-dealkylation sites (tertiary alicyclic amines) is 1. The van der Waals surface area contributed by atoms with Crippen molar-refractivity contribution in [2.45, 2.75) is 44.4 Å². The molecule has 0 aliphatic carbocycles. The molecule has 0 spiro atoms. The number of likely N-dealkylation sites (N-methyl/N-ethyl adjacent to an activating group) is 1. The Balaban J connectivity index is 1.90. The highest BCUT2D eigenvalue weighted by atomic mass is 16.5. The summed E-state index contributed by atoms with van der Waals surface area (Å²) in [5.41, 5.74) is 0. The highest BCUT2D eigenvalue weighted by Crippen LogP contribution is 2.17. The van der Waals surface area contributed by atoms with Crippen LogP contribution in [0.4, 0.5) is 0 Å². The molecule has 0 aromatic heterocycles. The second-order valence-electron chi connectivity index (χ2n) is 5.58. The van der Waals surface area contributed by atoms with Crippen molar-refractivity contribution in [3.8, 4) is 0 Å². The van der Waals surface area contributed by atoms with Crippen molar-refractivity contribution >= 4 is 11.8 Å². The quantitative estimate of drug-likeness (QED) is 0.677. The molecule has 0 saturated carbocycles. The zero-order valence-electron chi connectivity index (χ0n) is 12.4. The fourth-order valence-electron chi connectivity index (χ4n) is 2.95. The van der Waals surface area contributed by atoms with E-state index in [0.29, 0.717) is 26.1 Å². The lowest BCUT2D eigenvalue weighted by Crippen LogP contribution is -2.57. The molecule has 0 aromatic rings. The maximum absolute atomic E-state index is 12.3. The molecule has 2 heterocycles. The first-order chi connectivity index (χ1) is 10.0. The van der Waals surface area contributed by atoms with Crippen LogP contribution in [0, 0.1) is 0 Å². The normalized spacial score (nSPS) is 29.8. The van der Waals surface area contributed by atoms with Gasteiger partial charge in [-0.2, -0.15) is 0 Å². The van der Waals surface area contributed by atoms with Crippen LogP contribution in [0.5, 0.6) is 0 Å². The van der Waals surface area contributed by atoms with Gasteiger partial charge < -0.3 is 24.7 Å². The molecule has 2 rings (SSSR count). The summed E-state index contributed by atoms with van der Waals surface area (Å²) >= 11 is 0. The lowest BCUT2D eigenvalue weighted by Gasteiger charge is -2.39. The van der Waals surface area contributed by atoms with Crippen LogP contribution < -0.4 is 0 Å². The number of ether oxygens (including phenoxy) is 1. The van der Waals surface area contributed by atoms with Gasteiger partial charge in [-0.05, 0) is 13.3 Å². The number of amides is 2. The first-order valence-electron chi connectivity index (χ1n) is 7.55. The van der Waals surface area contributed by atoms with Crippen LogP contribution in [-0.4, -0.2) is 82.9 Å². The van der Waals surface area contributed by atoms with Gasteiger partial charge in [-0.25, -0.2) is 0 Å². The van der Waals surface area contributed by atoms with E-state index in [2.05, 4.69) is 0 Å². The summed E-state index contributed by atoms with van der Waals surface area (Å²) in [7, 11) is 0. The molecule has 0 bridgehead atoms. The molecule has 120 valence electrons. The summed E-state index contributed by atoms with van der Waals surface area (Å²) < 4.78 is 5.22. The third-order valence-corrected chi connectivity index (χ3v) is 4.19.